The van der Waals surface area contributed by atoms with Crippen molar-refractivity contribution in [3.63, 3.8) is 0 Å². The second kappa shape index (κ2) is 8.37. The molecule has 0 saturated carbocycles. The van der Waals surface area contributed by atoms with Crippen LogP contribution in [0.4, 0.5) is 0 Å². The molecule has 0 aromatic heterocycles. The Morgan fingerprint density at radius 3 is 2.44 bits per heavy atom. The molecule has 1 N–H and O–H groups in total. The first kappa shape index (κ1) is 18.5. The molecule has 1 aliphatic rings. The molecule has 0 aliphatic carbocycles. The van der Waals surface area contributed by atoms with Crippen LogP contribution in [0.15, 0.2) is 53.0 Å². The molecule has 0 radical (unpaired) electrons. The zero-order chi connectivity index (χ0) is 17.7. The molecule has 2 nitrogen and oxygen atoms in total. The Kier molecular flexibility index (Phi) is 6.19. The van der Waals surface area contributed by atoms with E-state index in [4.69, 9.17) is 4.74 Å². The van der Waals surface area contributed by atoms with Gasteiger partial charge in [0.1, 0.15) is 5.75 Å². The summed E-state index contributed by atoms with van der Waals surface area (Å²) < 4.78 is 7.09. The van der Waals surface area contributed by atoms with Crippen LogP contribution in [0.2, 0.25) is 0 Å². The monoisotopic (exact) mass is 401 g/mol. The molecule has 134 valence electrons. The standard InChI is InChI=1S/C22H28BrNO/c1-22(2,18-6-4-3-5-7-18)19-8-9-21(20(23)16-19)25-15-12-17-10-13-24-14-11-17/h3-9,16-17,24H,10-15H2,1-2H3. The Bertz CT molecular complexity index is 678. The predicted octanol–water partition coefficient (Wildman–Crippen LogP) is 5.54. The molecule has 1 heterocycles. The van der Waals surface area contributed by atoms with Crippen LogP contribution in [0.3, 0.4) is 0 Å². The van der Waals surface area contributed by atoms with Crippen molar-refractivity contribution in [2.45, 2.75) is 38.5 Å². The first-order valence-electron chi connectivity index (χ1n) is 9.26. The average molecular weight is 402 g/mol. The molecule has 1 saturated heterocycles. The van der Waals surface area contributed by atoms with Crippen LogP contribution >= 0.6 is 15.9 Å². The normalized spacial score (nSPS) is 16.0. The molecule has 0 amide bonds. The molecule has 3 heteroatoms. The topological polar surface area (TPSA) is 21.3 Å². The largest absolute Gasteiger partial charge is 0.492 e. The van der Waals surface area contributed by atoms with E-state index in [1.165, 1.54) is 24.0 Å². The number of benzene rings is 2. The summed E-state index contributed by atoms with van der Waals surface area (Å²) in [6, 6.07) is 17.1. The number of hydrogen-bond donors (Lipinski definition) is 1. The maximum atomic E-state index is 6.05. The summed E-state index contributed by atoms with van der Waals surface area (Å²) in [6.07, 6.45) is 3.69. The third kappa shape index (κ3) is 4.65. The number of nitrogens with one attached hydrogen (secondary N) is 1. The zero-order valence-corrected chi connectivity index (χ0v) is 16.8. The fourth-order valence-electron chi connectivity index (χ4n) is 3.53. The van der Waals surface area contributed by atoms with Gasteiger partial charge in [-0.2, -0.15) is 0 Å². The number of halogens is 1. The molecule has 2 aromatic rings. The van der Waals surface area contributed by atoms with Gasteiger partial charge in [0.2, 0.25) is 0 Å². The van der Waals surface area contributed by atoms with Gasteiger partial charge in [-0.15, -0.1) is 0 Å². The quantitative estimate of drug-likeness (QED) is 0.685. The highest BCUT2D eigenvalue weighted by Gasteiger charge is 2.23. The molecular formula is C22H28BrNO. The van der Waals surface area contributed by atoms with Crippen LogP contribution in [0.1, 0.15) is 44.2 Å². The lowest BCUT2D eigenvalue weighted by atomic mass is 9.78. The van der Waals surface area contributed by atoms with Crippen LogP contribution in [0, 0.1) is 5.92 Å². The highest BCUT2D eigenvalue weighted by molar-refractivity contribution is 9.10. The van der Waals surface area contributed by atoms with Crippen LogP contribution < -0.4 is 10.1 Å². The molecule has 0 spiro atoms. The van der Waals surface area contributed by atoms with Gasteiger partial charge in [0.15, 0.2) is 0 Å². The lowest BCUT2D eigenvalue weighted by Gasteiger charge is -2.27. The second-order valence-electron chi connectivity index (χ2n) is 7.47. The number of hydrogen-bond acceptors (Lipinski definition) is 2. The molecule has 1 fully saturated rings. The van der Waals surface area contributed by atoms with E-state index >= 15 is 0 Å². The van der Waals surface area contributed by atoms with E-state index in [-0.39, 0.29) is 5.41 Å². The van der Waals surface area contributed by atoms with E-state index in [0.29, 0.717) is 0 Å². The van der Waals surface area contributed by atoms with E-state index in [0.717, 1.165) is 42.3 Å². The van der Waals surface area contributed by atoms with Crippen LogP contribution in [0.25, 0.3) is 0 Å². The summed E-state index contributed by atoms with van der Waals surface area (Å²) in [4.78, 5) is 0. The van der Waals surface area contributed by atoms with Crippen molar-refractivity contribution >= 4 is 15.9 Å². The molecule has 2 aromatic carbocycles. The Morgan fingerprint density at radius 2 is 1.76 bits per heavy atom. The Hall–Kier alpha value is -1.32. The summed E-state index contributed by atoms with van der Waals surface area (Å²) in [6.45, 7) is 7.63. The van der Waals surface area contributed by atoms with Crippen molar-refractivity contribution in [2.24, 2.45) is 5.92 Å². The first-order valence-corrected chi connectivity index (χ1v) is 10.1. The van der Waals surface area contributed by atoms with Gasteiger partial charge in [0.25, 0.3) is 0 Å². The SMILES string of the molecule is CC(C)(c1ccccc1)c1ccc(OCCC2CCNCC2)c(Br)c1. The molecule has 0 bridgehead atoms. The summed E-state index contributed by atoms with van der Waals surface area (Å²) in [5.74, 6) is 1.75. The van der Waals surface area contributed by atoms with Gasteiger partial charge in [-0.25, -0.2) is 0 Å². The maximum Gasteiger partial charge on any atom is 0.133 e. The number of ether oxygens (including phenoxy) is 1. The number of rotatable bonds is 6. The van der Waals surface area contributed by atoms with Crippen molar-refractivity contribution in [2.75, 3.05) is 19.7 Å². The maximum absolute atomic E-state index is 6.05. The lowest BCUT2D eigenvalue weighted by molar-refractivity contribution is 0.250. The van der Waals surface area contributed by atoms with Gasteiger partial charge in [0, 0.05) is 5.41 Å². The third-order valence-corrected chi connectivity index (χ3v) is 6.01. The number of piperidine rings is 1. The van der Waals surface area contributed by atoms with Gasteiger partial charge in [-0.1, -0.05) is 50.2 Å². The van der Waals surface area contributed by atoms with Gasteiger partial charge in [0.05, 0.1) is 11.1 Å². The Morgan fingerprint density at radius 1 is 1.04 bits per heavy atom. The van der Waals surface area contributed by atoms with Gasteiger partial charge < -0.3 is 10.1 Å². The lowest BCUT2D eigenvalue weighted by Crippen LogP contribution is -2.28. The van der Waals surface area contributed by atoms with E-state index in [9.17, 15) is 0 Å². The average Bonchev–Trinajstić information content (AvgIpc) is 2.64. The van der Waals surface area contributed by atoms with Crippen molar-refractivity contribution in [1.29, 1.82) is 0 Å². The molecule has 3 rings (SSSR count). The molecule has 1 aliphatic heterocycles. The third-order valence-electron chi connectivity index (χ3n) is 5.39. The van der Waals surface area contributed by atoms with Gasteiger partial charge in [-0.05, 0) is 77.5 Å². The smallest absolute Gasteiger partial charge is 0.133 e. The van der Waals surface area contributed by atoms with Gasteiger partial charge in [-0.3, -0.25) is 0 Å². The Labute approximate surface area is 160 Å². The summed E-state index contributed by atoms with van der Waals surface area (Å²) in [7, 11) is 0. The fourth-order valence-corrected chi connectivity index (χ4v) is 4.03. The van der Waals surface area contributed by atoms with Crippen LogP contribution in [0.5, 0.6) is 5.75 Å². The Balaban J connectivity index is 1.64. The summed E-state index contributed by atoms with van der Waals surface area (Å²) >= 11 is 3.70. The molecule has 0 atom stereocenters. The predicted molar refractivity (Wildman–Crippen MR) is 108 cm³/mol. The minimum atomic E-state index is -0.0303. The minimum Gasteiger partial charge on any atom is -0.492 e. The molecular weight excluding hydrogens is 374 g/mol. The second-order valence-corrected chi connectivity index (χ2v) is 8.32. The highest BCUT2D eigenvalue weighted by atomic mass is 79.9. The van der Waals surface area contributed by atoms with E-state index in [1.54, 1.807) is 0 Å². The van der Waals surface area contributed by atoms with E-state index < -0.39 is 0 Å². The van der Waals surface area contributed by atoms with Crippen LogP contribution in [-0.4, -0.2) is 19.7 Å². The summed E-state index contributed by atoms with van der Waals surface area (Å²) in [5, 5.41) is 3.42. The highest BCUT2D eigenvalue weighted by Crippen LogP contribution is 2.36. The first-order chi connectivity index (χ1) is 12.1. The summed E-state index contributed by atoms with van der Waals surface area (Å²) in [5.41, 5.74) is 2.58. The van der Waals surface area contributed by atoms with E-state index in [2.05, 4.69) is 83.6 Å². The molecule has 0 unspecified atom stereocenters. The van der Waals surface area contributed by atoms with Crippen LogP contribution in [-0.2, 0) is 5.41 Å². The molecule has 25 heavy (non-hydrogen) atoms. The van der Waals surface area contributed by atoms with Gasteiger partial charge >= 0.3 is 0 Å². The van der Waals surface area contributed by atoms with E-state index in [1.807, 2.05) is 0 Å². The minimum absolute atomic E-state index is 0.0303. The van der Waals surface area contributed by atoms with Crippen molar-refractivity contribution < 1.29 is 4.74 Å². The fraction of sp³-hybridized carbons (Fsp3) is 0.455. The van der Waals surface area contributed by atoms with Crippen molar-refractivity contribution in [1.82, 2.24) is 5.32 Å². The zero-order valence-electron chi connectivity index (χ0n) is 15.2. The van der Waals surface area contributed by atoms with Crippen molar-refractivity contribution in [3.8, 4) is 5.75 Å². The van der Waals surface area contributed by atoms with Crippen molar-refractivity contribution in [3.05, 3.63) is 64.1 Å².